The van der Waals surface area contributed by atoms with Gasteiger partial charge < -0.3 is 5.32 Å². The van der Waals surface area contributed by atoms with Gasteiger partial charge in [0.2, 0.25) is 0 Å². The maximum Gasteiger partial charge on any atom is 0.0247 e. The molecule has 0 aromatic carbocycles. The summed E-state index contributed by atoms with van der Waals surface area (Å²) in [5, 5.41) is 3.79. The summed E-state index contributed by atoms with van der Waals surface area (Å²) in [6, 6.07) is 2.22. The van der Waals surface area contributed by atoms with Crippen LogP contribution in [0.25, 0.3) is 0 Å². The molecule has 0 radical (unpaired) electrons. The Labute approximate surface area is 111 Å². The molecule has 0 aromatic rings. The number of hydrogen-bond donors (Lipinski definition) is 1. The third-order valence-corrected chi connectivity index (χ3v) is 5.17. The highest BCUT2D eigenvalue weighted by Gasteiger charge is 2.39. The van der Waals surface area contributed by atoms with Crippen molar-refractivity contribution in [2.24, 2.45) is 11.8 Å². The lowest BCUT2D eigenvalue weighted by Gasteiger charge is -2.45. The molecule has 1 saturated heterocycles. The first-order chi connectivity index (χ1) is 8.13. The lowest BCUT2D eigenvalue weighted by molar-refractivity contribution is 0.0658. The highest BCUT2D eigenvalue weighted by molar-refractivity contribution is 7.98. The summed E-state index contributed by atoms with van der Waals surface area (Å²) in [5.41, 5.74) is 0. The molecular weight excluding hydrogens is 228 g/mol. The molecule has 2 aliphatic rings. The van der Waals surface area contributed by atoms with E-state index in [1.807, 2.05) is 11.8 Å². The van der Waals surface area contributed by atoms with Gasteiger partial charge in [-0.3, -0.25) is 4.90 Å². The van der Waals surface area contributed by atoms with Crippen LogP contribution in [0.3, 0.4) is 0 Å². The Balaban J connectivity index is 1.98. The van der Waals surface area contributed by atoms with Crippen molar-refractivity contribution in [1.82, 2.24) is 10.2 Å². The Kier molecular flexibility index (Phi) is 4.79. The lowest BCUT2D eigenvalue weighted by Crippen LogP contribution is -2.61. The van der Waals surface area contributed by atoms with E-state index >= 15 is 0 Å². The summed E-state index contributed by atoms with van der Waals surface area (Å²) >= 11 is 1.98. The number of hydrogen-bond acceptors (Lipinski definition) is 3. The normalized spacial score (nSPS) is 33.0. The van der Waals surface area contributed by atoms with E-state index < -0.39 is 0 Å². The van der Waals surface area contributed by atoms with Crippen molar-refractivity contribution in [3.8, 4) is 0 Å². The second-order valence-electron chi connectivity index (χ2n) is 6.16. The van der Waals surface area contributed by atoms with Crippen molar-refractivity contribution >= 4 is 11.8 Å². The average molecular weight is 256 g/mol. The minimum absolute atomic E-state index is 0.723. The number of thioether (sulfide) groups is 1. The van der Waals surface area contributed by atoms with E-state index in [2.05, 4.69) is 37.2 Å². The second kappa shape index (κ2) is 5.94. The monoisotopic (exact) mass is 256 g/mol. The van der Waals surface area contributed by atoms with Gasteiger partial charge in [-0.1, -0.05) is 13.8 Å². The molecule has 0 aromatic heterocycles. The van der Waals surface area contributed by atoms with Crippen molar-refractivity contribution in [2.45, 2.75) is 51.7 Å². The Morgan fingerprint density at radius 3 is 2.53 bits per heavy atom. The van der Waals surface area contributed by atoms with E-state index in [4.69, 9.17) is 0 Å². The highest BCUT2D eigenvalue weighted by Crippen LogP contribution is 2.35. The molecular formula is C14H28N2S. The molecule has 2 nitrogen and oxygen atoms in total. The van der Waals surface area contributed by atoms with Crippen LogP contribution in [0.1, 0.15) is 33.6 Å². The van der Waals surface area contributed by atoms with Gasteiger partial charge in [0.1, 0.15) is 0 Å². The first kappa shape index (κ1) is 13.7. The Hall–Kier alpha value is 0.270. The number of nitrogens with zero attached hydrogens (tertiary/aromatic N) is 1. The van der Waals surface area contributed by atoms with Gasteiger partial charge in [0.05, 0.1) is 0 Å². The topological polar surface area (TPSA) is 15.3 Å². The van der Waals surface area contributed by atoms with Gasteiger partial charge in [-0.15, -0.1) is 0 Å². The maximum absolute atomic E-state index is 3.79. The zero-order valence-corrected chi connectivity index (χ0v) is 12.6. The first-order valence-electron chi connectivity index (χ1n) is 7.11. The van der Waals surface area contributed by atoms with Crippen LogP contribution in [0, 0.1) is 11.8 Å². The van der Waals surface area contributed by atoms with Gasteiger partial charge in [0.15, 0.2) is 0 Å². The summed E-state index contributed by atoms with van der Waals surface area (Å²) in [6.07, 6.45) is 5.13. The zero-order chi connectivity index (χ0) is 12.4. The summed E-state index contributed by atoms with van der Waals surface area (Å²) in [7, 11) is 0. The molecule has 0 bridgehead atoms. The van der Waals surface area contributed by atoms with Gasteiger partial charge >= 0.3 is 0 Å². The quantitative estimate of drug-likeness (QED) is 0.813. The molecule has 2 fully saturated rings. The molecule has 1 N–H and O–H groups in total. The Bertz CT molecular complexity index is 240. The van der Waals surface area contributed by atoms with E-state index in [-0.39, 0.29) is 0 Å². The largest absolute Gasteiger partial charge is 0.311 e. The molecule has 3 atom stereocenters. The van der Waals surface area contributed by atoms with E-state index in [1.54, 1.807) is 0 Å². The molecule has 1 aliphatic carbocycles. The predicted octanol–water partition coefficient (Wildman–Crippen LogP) is 2.45. The molecule has 3 heteroatoms. The van der Waals surface area contributed by atoms with Gasteiger partial charge in [0, 0.05) is 37.0 Å². The summed E-state index contributed by atoms with van der Waals surface area (Å²) < 4.78 is 0. The minimum Gasteiger partial charge on any atom is -0.311 e. The molecule has 17 heavy (non-hydrogen) atoms. The zero-order valence-electron chi connectivity index (χ0n) is 11.8. The maximum atomic E-state index is 3.79. The van der Waals surface area contributed by atoms with Crippen LogP contribution in [0.15, 0.2) is 0 Å². The highest BCUT2D eigenvalue weighted by atomic mass is 32.2. The standard InChI is InChI=1S/C14H28N2S/c1-10(2)14-7-15-13(12-5-6-12)8-16(14)11(3)9-17-4/h10-15H,5-9H2,1-4H3. The van der Waals surface area contributed by atoms with Gasteiger partial charge in [-0.05, 0) is 37.9 Å². The van der Waals surface area contributed by atoms with Gasteiger partial charge in [-0.2, -0.15) is 11.8 Å². The van der Waals surface area contributed by atoms with Crippen molar-refractivity contribution < 1.29 is 0 Å². The molecule has 1 aliphatic heterocycles. The van der Waals surface area contributed by atoms with Crippen molar-refractivity contribution in [3.63, 3.8) is 0 Å². The average Bonchev–Trinajstić information content (AvgIpc) is 3.12. The fourth-order valence-corrected chi connectivity index (χ4v) is 3.77. The number of piperazine rings is 1. The van der Waals surface area contributed by atoms with Gasteiger partial charge in [-0.25, -0.2) is 0 Å². The van der Waals surface area contributed by atoms with E-state index in [0.717, 1.165) is 30.0 Å². The predicted molar refractivity (Wildman–Crippen MR) is 77.7 cm³/mol. The minimum atomic E-state index is 0.723. The van der Waals surface area contributed by atoms with Crippen LogP contribution in [0.4, 0.5) is 0 Å². The Morgan fingerprint density at radius 1 is 1.29 bits per heavy atom. The van der Waals surface area contributed by atoms with Crippen LogP contribution in [-0.4, -0.2) is 48.1 Å². The number of nitrogens with one attached hydrogen (secondary N) is 1. The van der Waals surface area contributed by atoms with Crippen LogP contribution < -0.4 is 5.32 Å². The van der Waals surface area contributed by atoms with E-state index in [9.17, 15) is 0 Å². The fraction of sp³-hybridized carbons (Fsp3) is 1.00. The van der Waals surface area contributed by atoms with Crippen LogP contribution in [0.2, 0.25) is 0 Å². The van der Waals surface area contributed by atoms with Crippen molar-refractivity contribution in [1.29, 1.82) is 0 Å². The van der Waals surface area contributed by atoms with Crippen molar-refractivity contribution in [2.75, 3.05) is 25.1 Å². The third-order valence-electron chi connectivity index (χ3n) is 4.36. The molecule has 3 unspecified atom stereocenters. The smallest absolute Gasteiger partial charge is 0.0247 e. The second-order valence-corrected chi connectivity index (χ2v) is 7.08. The Morgan fingerprint density at radius 2 is 2.00 bits per heavy atom. The molecule has 0 amide bonds. The first-order valence-corrected chi connectivity index (χ1v) is 8.51. The van der Waals surface area contributed by atoms with E-state index in [0.29, 0.717) is 0 Å². The third kappa shape index (κ3) is 3.39. The van der Waals surface area contributed by atoms with E-state index in [1.165, 1.54) is 31.7 Å². The summed E-state index contributed by atoms with van der Waals surface area (Å²) in [6.45, 7) is 9.60. The fourth-order valence-electron chi connectivity index (χ4n) is 3.09. The molecule has 0 spiro atoms. The summed E-state index contributed by atoms with van der Waals surface area (Å²) in [4.78, 5) is 2.78. The number of rotatable bonds is 5. The lowest BCUT2D eigenvalue weighted by atomic mass is 9.95. The SMILES string of the molecule is CSCC(C)N1CC(C2CC2)NCC1C(C)C. The molecule has 2 rings (SSSR count). The molecule has 1 heterocycles. The summed E-state index contributed by atoms with van der Waals surface area (Å²) in [5.74, 6) is 3.00. The van der Waals surface area contributed by atoms with Crippen molar-refractivity contribution in [3.05, 3.63) is 0 Å². The van der Waals surface area contributed by atoms with Crippen LogP contribution in [-0.2, 0) is 0 Å². The van der Waals surface area contributed by atoms with Crippen LogP contribution >= 0.6 is 11.8 Å². The van der Waals surface area contributed by atoms with Gasteiger partial charge in [0.25, 0.3) is 0 Å². The van der Waals surface area contributed by atoms with Crippen LogP contribution in [0.5, 0.6) is 0 Å². The molecule has 1 saturated carbocycles. The molecule has 100 valence electrons.